The molecule has 0 amide bonds. The van der Waals surface area contributed by atoms with Crippen LogP contribution in [0.15, 0.2) is 41.3 Å². The van der Waals surface area contributed by atoms with Gasteiger partial charge in [-0.25, -0.2) is 8.42 Å². The van der Waals surface area contributed by atoms with E-state index in [0.717, 1.165) is 35.4 Å². The molecule has 27 heavy (non-hydrogen) atoms. The maximum atomic E-state index is 13.2. The van der Waals surface area contributed by atoms with E-state index in [4.69, 9.17) is 16.3 Å². The minimum Gasteiger partial charge on any atom is -0.497 e. The van der Waals surface area contributed by atoms with Crippen molar-refractivity contribution in [1.82, 2.24) is 4.31 Å². The largest absolute Gasteiger partial charge is 0.497 e. The van der Waals surface area contributed by atoms with Gasteiger partial charge >= 0.3 is 0 Å². The number of methoxy groups -OCH3 is 1. The van der Waals surface area contributed by atoms with Gasteiger partial charge in [-0.2, -0.15) is 4.31 Å². The Hall–Kier alpha value is -1.56. The molecule has 1 heterocycles. The van der Waals surface area contributed by atoms with Crippen molar-refractivity contribution in [3.05, 3.63) is 58.1 Å². The van der Waals surface area contributed by atoms with Gasteiger partial charge in [0.25, 0.3) is 0 Å². The van der Waals surface area contributed by atoms with Crippen molar-refractivity contribution >= 4 is 21.6 Å². The number of hydrogen-bond donors (Lipinski definition) is 0. The number of benzene rings is 2. The molecule has 0 unspecified atom stereocenters. The second-order valence-electron chi connectivity index (χ2n) is 7.27. The molecule has 1 aliphatic rings. The zero-order valence-corrected chi connectivity index (χ0v) is 17.6. The first-order chi connectivity index (χ1) is 12.8. The van der Waals surface area contributed by atoms with Crippen LogP contribution in [0.3, 0.4) is 0 Å². The van der Waals surface area contributed by atoms with Gasteiger partial charge in [-0.05, 0) is 80.0 Å². The van der Waals surface area contributed by atoms with Crippen molar-refractivity contribution in [2.24, 2.45) is 5.92 Å². The first kappa shape index (κ1) is 20.2. The highest BCUT2D eigenvalue weighted by molar-refractivity contribution is 7.89. The van der Waals surface area contributed by atoms with E-state index >= 15 is 0 Å². The summed E-state index contributed by atoms with van der Waals surface area (Å²) in [6.45, 7) is 4.78. The van der Waals surface area contributed by atoms with Crippen molar-refractivity contribution < 1.29 is 13.2 Å². The van der Waals surface area contributed by atoms with Gasteiger partial charge in [-0.15, -0.1) is 0 Å². The smallest absolute Gasteiger partial charge is 0.243 e. The first-order valence-electron chi connectivity index (χ1n) is 9.21. The van der Waals surface area contributed by atoms with Crippen molar-refractivity contribution in [1.29, 1.82) is 0 Å². The zero-order valence-electron chi connectivity index (χ0n) is 16.0. The van der Waals surface area contributed by atoms with Gasteiger partial charge in [0.1, 0.15) is 5.75 Å². The molecule has 2 aromatic carbocycles. The molecule has 1 fully saturated rings. The van der Waals surface area contributed by atoms with Crippen LogP contribution in [-0.2, 0) is 16.4 Å². The summed E-state index contributed by atoms with van der Waals surface area (Å²) in [6.07, 6.45) is 2.71. The van der Waals surface area contributed by atoms with E-state index < -0.39 is 10.0 Å². The van der Waals surface area contributed by atoms with Gasteiger partial charge in [0.2, 0.25) is 10.0 Å². The van der Waals surface area contributed by atoms with Crippen LogP contribution in [0, 0.1) is 19.8 Å². The molecule has 4 nitrogen and oxygen atoms in total. The summed E-state index contributed by atoms with van der Waals surface area (Å²) in [4.78, 5) is 0.416. The van der Waals surface area contributed by atoms with Gasteiger partial charge in [0, 0.05) is 18.1 Å². The molecule has 0 bridgehead atoms. The van der Waals surface area contributed by atoms with Crippen LogP contribution in [0.25, 0.3) is 0 Å². The number of rotatable bonds is 5. The van der Waals surface area contributed by atoms with Crippen molar-refractivity contribution in [3.8, 4) is 5.75 Å². The summed E-state index contributed by atoms with van der Waals surface area (Å²) in [5.74, 6) is 1.18. The molecule has 0 aliphatic carbocycles. The molecular formula is C21H26ClNO3S. The Balaban J connectivity index is 1.70. The van der Waals surface area contributed by atoms with E-state index in [1.165, 1.54) is 5.56 Å². The number of nitrogens with zero attached hydrogens (tertiary/aromatic N) is 1. The molecule has 6 heteroatoms. The topological polar surface area (TPSA) is 46.6 Å². The average molecular weight is 408 g/mol. The Morgan fingerprint density at radius 3 is 2.15 bits per heavy atom. The zero-order chi connectivity index (χ0) is 19.6. The SMILES string of the molecule is COc1cc(C)c(S(=O)(=O)N2CCC(Cc3ccc(Cl)cc3)CC2)c(C)c1. The van der Waals surface area contributed by atoms with E-state index in [1.807, 2.05) is 26.0 Å². The van der Waals surface area contributed by atoms with Gasteiger partial charge in [-0.1, -0.05) is 23.7 Å². The number of aryl methyl sites for hydroxylation is 2. The monoisotopic (exact) mass is 407 g/mol. The second kappa shape index (κ2) is 8.21. The van der Waals surface area contributed by atoms with Gasteiger partial charge < -0.3 is 4.74 Å². The van der Waals surface area contributed by atoms with Gasteiger partial charge in [0.15, 0.2) is 0 Å². The molecule has 0 spiro atoms. The Kier molecular flexibility index (Phi) is 6.14. The van der Waals surface area contributed by atoms with Crippen molar-refractivity contribution in [2.75, 3.05) is 20.2 Å². The number of sulfonamides is 1. The molecule has 0 saturated carbocycles. The molecule has 1 aliphatic heterocycles. The summed E-state index contributed by atoms with van der Waals surface area (Å²) >= 11 is 5.95. The Morgan fingerprint density at radius 1 is 1.07 bits per heavy atom. The van der Waals surface area contributed by atoms with Crippen LogP contribution < -0.4 is 4.74 Å². The first-order valence-corrected chi connectivity index (χ1v) is 11.0. The third-order valence-electron chi connectivity index (χ3n) is 5.28. The lowest BCUT2D eigenvalue weighted by Gasteiger charge is -2.32. The maximum Gasteiger partial charge on any atom is 0.243 e. The third kappa shape index (κ3) is 4.48. The van der Waals surface area contributed by atoms with Crippen LogP contribution >= 0.6 is 11.6 Å². The minimum atomic E-state index is -3.49. The molecule has 0 radical (unpaired) electrons. The number of piperidine rings is 1. The summed E-state index contributed by atoms with van der Waals surface area (Å²) in [5, 5.41) is 0.741. The fourth-order valence-electron chi connectivity index (χ4n) is 3.87. The molecular weight excluding hydrogens is 382 g/mol. The van der Waals surface area contributed by atoms with E-state index in [-0.39, 0.29) is 0 Å². The lowest BCUT2D eigenvalue weighted by atomic mass is 9.91. The fraction of sp³-hybridized carbons (Fsp3) is 0.429. The highest BCUT2D eigenvalue weighted by atomic mass is 35.5. The van der Waals surface area contributed by atoms with Crippen LogP contribution in [0.1, 0.15) is 29.5 Å². The van der Waals surface area contributed by atoms with E-state index in [1.54, 1.807) is 23.5 Å². The quantitative estimate of drug-likeness (QED) is 0.727. The van der Waals surface area contributed by atoms with Crippen molar-refractivity contribution in [2.45, 2.75) is 38.0 Å². The molecule has 146 valence electrons. The lowest BCUT2D eigenvalue weighted by Crippen LogP contribution is -2.39. The lowest BCUT2D eigenvalue weighted by molar-refractivity contribution is 0.272. The second-order valence-corrected chi connectivity index (χ2v) is 9.58. The van der Waals surface area contributed by atoms with E-state index in [2.05, 4.69) is 12.1 Å². The van der Waals surface area contributed by atoms with Crippen LogP contribution in [0.4, 0.5) is 0 Å². The predicted molar refractivity (Wildman–Crippen MR) is 109 cm³/mol. The highest BCUT2D eigenvalue weighted by Gasteiger charge is 2.31. The number of halogens is 1. The Bertz CT molecular complexity index is 879. The molecule has 0 aromatic heterocycles. The van der Waals surface area contributed by atoms with Crippen LogP contribution in [0.2, 0.25) is 5.02 Å². The Morgan fingerprint density at radius 2 is 1.63 bits per heavy atom. The maximum absolute atomic E-state index is 13.2. The van der Waals surface area contributed by atoms with E-state index in [0.29, 0.717) is 29.7 Å². The van der Waals surface area contributed by atoms with Crippen LogP contribution in [0.5, 0.6) is 5.75 Å². The molecule has 3 rings (SSSR count). The van der Waals surface area contributed by atoms with E-state index in [9.17, 15) is 8.42 Å². The normalized spacial score (nSPS) is 16.4. The summed E-state index contributed by atoms with van der Waals surface area (Å²) in [5.41, 5.74) is 2.72. The summed E-state index contributed by atoms with van der Waals surface area (Å²) in [7, 11) is -1.90. The van der Waals surface area contributed by atoms with Crippen LogP contribution in [-0.4, -0.2) is 32.9 Å². The molecule has 2 aromatic rings. The highest BCUT2D eigenvalue weighted by Crippen LogP contribution is 2.31. The summed E-state index contributed by atoms with van der Waals surface area (Å²) < 4.78 is 33.3. The third-order valence-corrected chi connectivity index (χ3v) is 7.74. The molecule has 1 saturated heterocycles. The van der Waals surface area contributed by atoms with Crippen molar-refractivity contribution in [3.63, 3.8) is 0 Å². The van der Waals surface area contributed by atoms with Gasteiger partial charge in [0.05, 0.1) is 12.0 Å². The Labute approximate surface area is 167 Å². The standard InChI is InChI=1S/C21H26ClNO3S/c1-15-12-20(26-3)13-16(2)21(15)27(24,25)23-10-8-18(9-11-23)14-17-4-6-19(22)7-5-17/h4-7,12-13,18H,8-11,14H2,1-3H3. The summed E-state index contributed by atoms with van der Waals surface area (Å²) in [6, 6.07) is 11.5. The predicted octanol–water partition coefficient (Wildman–Crippen LogP) is 4.61. The minimum absolute atomic E-state index is 0.416. The number of ether oxygens (including phenoxy) is 1. The molecule has 0 N–H and O–H groups in total. The fourth-order valence-corrected chi connectivity index (χ4v) is 5.88. The average Bonchev–Trinajstić information content (AvgIpc) is 2.63. The molecule has 0 atom stereocenters. The van der Waals surface area contributed by atoms with Gasteiger partial charge in [-0.3, -0.25) is 0 Å². The number of hydrogen-bond acceptors (Lipinski definition) is 3.